The summed E-state index contributed by atoms with van der Waals surface area (Å²) in [6.07, 6.45) is 6.07. The van der Waals surface area contributed by atoms with E-state index in [-0.39, 0.29) is 5.60 Å². The number of hydrogen-bond donors (Lipinski definition) is 1. The zero-order valence-electron chi connectivity index (χ0n) is 9.94. The van der Waals surface area contributed by atoms with Gasteiger partial charge in [0.25, 0.3) is 0 Å². The van der Waals surface area contributed by atoms with Crippen molar-refractivity contribution in [2.75, 3.05) is 13.2 Å². The fourth-order valence-electron chi connectivity index (χ4n) is 2.42. The first-order valence-corrected chi connectivity index (χ1v) is 5.88. The van der Waals surface area contributed by atoms with E-state index in [1.165, 1.54) is 19.3 Å². The lowest BCUT2D eigenvalue weighted by molar-refractivity contribution is -0.0445. The molecule has 0 aromatic heterocycles. The second-order valence-corrected chi connectivity index (χ2v) is 5.34. The van der Waals surface area contributed by atoms with Gasteiger partial charge in [-0.1, -0.05) is 20.3 Å². The predicted octanol–water partition coefficient (Wildman–Crippen LogP) is 2.71. The second-order valence-electron chi connectivity index (χ2n) is 5.34. The van der Waals surface area contributed by atoms with Crippen LogP contribution in [-0.2, 0) is 4.74 Å². The molecule has 2 heteroatoms. The van der Waals surface area contributed by atoms with Gasteiger partial charge in [-0.3, -0.25) is 0 Å². The predicted molar refractivity (Wildman–Crippen MR) is 60.3 cm³/mol. The molecule has 0 bridgehead atoms. The molecule has 1 unspecified atom stereocenters. The average molecular weight is 199 g/mol. The molecule has 84 valence electrons. The molecule has 0 spiro atoms. The van der Waals surface area contributed by atoms with Gasteiger partial charge in [0.2, 0.25) is 0 Å². The van der Waals surface area contributed by atoms with Crippen molar-refractivity contribution in [3.8, 4) is 0 Å². The lowest BCUT2D eigenvalue weighted by Gasteiger charge is -2.32. The van der Waals surface area contributed by atoms with Crippen molar-refractivity contribution in [3.05, 3.63) is 0 Å². The Hall–Kier alpha value is -0.0800. The van der Waals surface area contributed by atoms with Crippen LogP contribution < -0.4 is 5.73 Å². The number of ether oxygens (including phenoxy) is 1. The molecule has 0 aliphatic heterocycles. The Morgan fingerprint density at radius 3 is 2.43 bits per heavy atom. The molecule has 1 aliphatic carbocycles. The topological polar surface area (TPSA) is 35.2 Å². The Morgan fingerprint density at radius 1 is 1.14 bits per heavy atom. The summed E-state index contributed by atoms with van der Waals surface area (Å²) in [4.78, 5) is 0. The van der Waals surface area contributed by atoms with Crippen molar-refractivity contribution in [1.82, 2.24) is 0 Å². The summed E-state index contributed by atoms with van der Waals surface area (Å²) in [7, 11) is 0. The van der Waals surface area contributed by atoms with Crippen molar-refractivity contribution in [1.29, 1.82) is 0 Å². The number of rotatable bonds is 3. The summed E-state index contributed by atoms with van der Waals surface area (Å²) in [5, 5.41) is 0. The van der Waals surface area contributed by atoms with E-state index in [4.69, 9.17) is 10.5 Å². The van der Waals surface area contributed by atoms with Crippen LogP contribution >= 0.6 is 0 Å². The third-order valence-corrected chi connectivity index (χ3v) is 3.57. The van der Waals surface area contributed by atoms with Gasteiger partial charge in [-0.15, -0.1) is 0 Å². The molecule has 0 amide bonds. The standard InChI is InChI=1S/C12H25NO/c1-4-14-12(10-13)7-5-6-11(2,3)8-9-12/h4-10,13H2,1-3H3. The molecule has 1 atom stereocenters. The van der Waals surface area contributed by atoms with Gasteiger partial charge >= 0.3 is 0 Å². The Bertz CT molecular complexity index is 179. The van der Waals surface area contributed by atoms with Crippen LogP contribution in [0.25, 0.3) is 0 Å². The second kappa shape index (κ2) is 4.63. The van der Waals surface area contributed by atoms with Gasteiger partial charge in [-0.25, -0.2) is 0 Å². The van der Waals surface area contributed by atoms with Crippen LogP contribution in [0.1, 0.15) is 52.9 Å². The molecule has 1 rings (SSSR count). The summed E-state index contributed by atoms with van der Waals surface area (Å²) in [5.41, 5.74) is 6.33. The summed E-state index contributed by atoms with van der Waals surface area (Å²) >= 11 is 0. The monoisotopic (exact) mass is 199 g/mol. The van der Waals surface area contributed by atoms with E-state index in [0.717, 1.165) is 19.4 Å². The molecule has 0 heterocycles. The Labute approximate surface area is 88.2 Å². The first-order valence-electron chi connectivity index (χ1n) is 5.88. The van der Waals surface area contributed by atoms with Gasteiger partial charge in [0, 0.05) is 13.2 Å². The molecule has 1 fully saturated rings. The molecular weight excluding hydrogens is 174 g/mol. The molecule has 0 saturated heterocycles. The van der Waals surface area contributed by atoms with Crippen LogP contribution in [0.4, 0.5) is 0 Å². The highest BCUT2D eigenvalue weighted by atomic mass is 16.5. The minimum Gasteiger partial charge on any atom is -0.374 e. The lowest BCUT2D eigenvalue weighted by atomic mass is 9.84. The fourth-order valence-corrected chi connectivity index (χ4v) is 2.42. The maximum Gasteiger partial charge on any atom is 0.0804 e. The number of nitrogens with two attached hydrogens (primary N) is 1. The van der Waals surface area contributed by atoms with Gasteiger partial charge in [-0.05, 0) is 38.0 Å². The molecule has 1 saturated carbocycles. The number of hydrogen-bond acceptors (Lipinski definition) is 2. The van der Waals surface area contributed by atoms with Crippen LogP contribution in [0.3, 0.4) is 0 Å². The van der Waals surface area contributed by atoms with Crippen molar-refractivity contribution >= 4 is 0 Å². The van der Waals surface area contributed by atoms with Gasteiger partial charge in [-0.2, -0.15) is 0 Å². The van der Waals surface area contributed by atoms with Crippen molar-refractivity contribution in [3.63, 3.8) is 0 Å². The van der Waals surface area contributed by atoms with Crippen molar-refractivity contribution in [2.24, 2.45) is 11.1 Å². The molecule has 14 heavy (non-hydrogen) atoms. The molecule has 0 aromatic carbocycles. The van der Waals surface area contributed by atoms with E-state index in [2.05, 4.69) is 20.8 Å². The van der Waals surface area contributed by atoms with Crippen molar-refractivity contribution < 1.29 is 4.74 Å². The highest BCUT2D eigenvalue weighted by Gasteiger charge is 2.34. The molecule has 2 nitrogen and oxygen atoms in total. The Balaban J connectivity index is 2.61. The highest BCUT2D eigenvalue weighted by Crippen LogP contribution is 2.39. The Morgan fingerprint density at radius 2 is 1.86 bits per heavy atom. The molecule has 0 radical (unpaired) electrons. The first-order chi connectivity index (χ1) is 6.54. The third-order valence-electron chi connectivity index (χ3n) is 3.57. The van der Waals surface area contributed by atoms with E-state index < -0.39 is 0 Å². The molecular formula is C12H25NO. The zero-order chi connectivity index (χ0) is 10.7. The van der Waals surface area contributed by atoms with Gasteiger partial charge in [0.1, 0.15) is 0 Å². The maximum absolute atomic E-state index is 5.87. The van der Waals surface area contributed by atoms with Crippen molar-refractivity contribution in [2.45, 2.75) is 58.5 Å². The first kappa shape index (κ1) is 12.0. The van der Waals surface area contributed by atoms with E-state index in [0.29, 0.717) is 12.0 Å². The largest absolute Gasteiger partial charge is 0.374 e. The quantitative estimate of drug-likeness (QED) is 0.709. The van der Waals surface area contributed by atoms with E-state index in [1.807, 2.05) is 0 Å². The van der Waals surface area contributed by atoms with Crippen LogP contribution in [0.15, 0.2) is 0 Å². The Kier molecular flexibility index (Phi) is 3.96. The maximum atomic E-state index is 5.87. The third kappa shape index (κ3) is 2.96. The van der Waals surface area contributed by atoms with Crippen LogP contribution in [-0.4, -0.2) is 18.8 Å². The van der Waals surface area contributed by atoms with E-state index >= 15 is 0 Å². The SMILES string of the molecule is CCOC1(CN)CCCC(C)(C)CC1. The zero-order valence-corrected chi connectivity index (χ0v) is 9.94. The van der Waals surface area contributed by atoms with E-state index in [9.17, 15) is 0 Å². The minimum atomic E-state index is -0.0114. The summed E-state index contributed by atoms with van der Waals surface area (Å²) < 4.78 is 5.87. The molecule has 2 N–H and O–H groups in total. The van der Waals surface area contributed by atoms with Gasteiger partial charge < -0.3 is 10.5 Å². The summed E-state index contributed by atoms with van der Waals surface area (Å²) in [6, 6.07) is 0. The average Bonchev–Trinajstić information content (AvgIpc) is 2.27. The van der Waals surface area contributed by atoms with Crippen LogP contribution in [0.5, 0.6) is 0 Å². The van der Waals surface area contributed by atoms with Crippen LogP contribution in [0, 0.1) is 5.41 Å². The fraction of sp³-hybridized carbons (Fsp3) is 1.00. The lowest BCUT2D eigenvalue weighted by Crippen LogP contribution is -2.40. The normalized spacial score (nSPS) is 32.6. The minimum absolute atomic E-state index is 0.0114. The molecule has 0 aromatic rings. The van der Waals surface area contributed by atoms with Crippen LogP contribution in [0.2, 0.25) is 0 Å². The summed E-state index contributed by atoms with van der Waals surface area (Å²) in [5.74, 6) is 0. The van der Waals surface area contributed by atoms with Gasteiger partial charge in [0.05, 0.1) is 5.60 Å². The summed E-state index contributed by atoms with van der Waals surface area (Å²) in [6.45, 7) is 8.24. The molecule has 1 aliphatic rings. The highest BCUT2D eigenvalue weighted by molar-refractivity contribution is 4.88. The van der Waals surface area contributed by atoms with E-state index in [1.54, 1.807) is 0 Å². The smallest absolute Gasteiger partial charge is 0.0804 e. The van der Waals surface area contributed by atoms with Gasteiger partial charge in [0.15, 0.2) is 0 Å².